The lowest BCUT2D eigenvalue weighted by atomic mass is 10.0. The van der Waals surface area contributed by atoms with Gasteiger partial charge in [0.2, 0.25) is 0 Å². The van der Waals surface area contributed by atoms with Crippen molar-refractivity contribution in [2.75, 3.05) is 5.32 Å². The minimum atomic E-state index is -0.290. The predicted molar refractivity (Wildman–Crippen MR) is 105 cm³/mol. The molecule has 0 unspecified atom stereocenters. The quantitative estimate of drug-likeness (QED) is 0.747. The summed E-state index contributed by atoms with van der Waals surface area (Å²) in [4.78, 5) is 15.1. The average Bonchev–Trinajstić information content (AvgIpc) is 2.71. The van der Waals surface area contributed by atoms with E-state index in [2.05, 4.69) is 35.7 Å². The van der Waals surface area contributed by atoms with Gasteiger partial charge >= 0.3 is 0 Å². The summed E-state index contributed by atoms with van der Waals surface area (Å²) in [7, 11) is 0. The number of hydrogen-bond donors (Lipinski definition) is 1. The first kappa shape index (κ1) is 16.9. The van der Waals surface area contributed by atoms with Crippen molar-refractivity contribution in [3.05, 3.63) is 101 Å². The molecule has 3 aromatic rings. The molecule has 1 heterocycles. The molecule has 1 amide bonds. The van der Waals surface area contributed by atoms with Crippen LogP contribution >= 0.6 is 0 Å². The van der Waals surface area contributed by atoms with Gasteiger partial charge in [-0.3, -0.25) is 4.79 Å². The molecule has 1 atom stereocenters. The van der Waals surface area contributed by atoms with E-state index in [1.54, 1.807) is 12.1 Å². The van der Waals surface area contributed by atoms with Gasteiger partial charge in [0.1, 0.15) is 6.17 Å². The second kappa shape index (κ2) is 6.97. The van der Waals surface area contributed by atoms with Gasteiger partial charge < -0.3 is 10.2 Å². The molecule has 0 bridgehead atoms. The predicted octanol–water partition coefficient (Wildman–Crippen LogP) is 4.63. The van der Waals surface area contributed by atoms with Crippen molar-refractivity contribution in [1.82, 2.24) is 4.90 Å². The average molecular weight is 353 g/mol. The second-order valence-corrected chi connectivity index (χ2v) is 6.74. The van der Waals surface area contributed by atoms with E-state index in [1.165, 1.54) is 5.56 Å². The minimum Gasteiger partial charge on any atom is -0.361 e. The SMILES string of the molecule is Cc1ccc(CN2C(=O)c3ccccc3N[C@H]2c2ccc(C#N)cc2)cc1. The zero-order valence-corrected chi connectivity index (χ0v) is 15.0. The number of hydrogen-bond acceptors (Lipinski definition) is 3. The van der Waals surface area contributed by atoms with Crippen molar-refractivity contribution < 1.29 is 4.79 Å². The van der Waals surface area contributed by atoms with E-state index in [9.17, 15) is 4.79 Å². The minimum absolute atomic E-state index is 0.000662. The van der Waals surface area contributed by atoms with Crippen molar-refractivity contribution in [1.29, 1.82) is 5.26 Å². The Labute approximate surface area is 158 Å². The van der Waals surface area contributed by atoms with Crippen molar-refractivity contribution in [3.63, 3.8) is 0 Å². The number of benzene rings is 3. The fraction of sp³-hybridized carbons (Fsp3) is 0.130. The van der Waals surface area contributed by atoms with Gasteiger partial charge in [0.15, 0.2) is 0 Å². The molecular weight excluding hydrogens is 334 g/mol. The van der Waals surface area contributed by atoms with Gasteiger partial charge in [-0.05, 0) is 42.3 Å². The number of nitrogens with one attached hydrogen (secondary N) is 1. The number of nitrogens with zero attached hydrogens (tertiary/aromatic N) is 2. The summed E-state index contributed by atoms with van der Waals surface area (Å²) < 4.78 is 0. The summed E-state index contributed by atoms with van der Waals surface area (Å²) in [6.07, 6.45) is -0.290. The van der Waals surface area contributed by atoms with Crippen LogP contribution in [0.2, 0.25) is 0 Å². The number of nitriles is 1. The molecule has 1 N–H and O–H groups in total. The van der Waals surface area contributed by atoms with Crippen molar-refractivity contribution >= 4 is 11.6 Å². The summed E-state index contributed by atoms with van der Waals surface area (Å²) >= 11 is 0. The molecule has 0 saturated carbocycles. The number of para-hydroxylation sites is 1. The van der Waals surface area contributed by atoms with Crippen molar-refractivity contribution in [2.45, 2.75) is 19.6 Å². The van der Waals surface area contributed by atoms with E-state index in [4.69, 9.17) is 5.26 Å². The van der Waals surface area contributed by atoms with Crippen LogP contribution in [0.3, 0.4) is 0 Å². The molecule has 4 heteroatoms. The lowest BCUT2D eigenvalue weighted by molar-refractivity contribution is 0.0666. The lowest BCUT2D eigenvalue weighted by Crippen LogP contribution is -2.42. The van der Waals surface area contributed by atoms with Gasteiger partial charge in [0.25, 0.3) is 5.91 Å². The van der Waals surface area contributed by atoms with Crippen molar-refractivity contribution in [2.24, 2.45) is 0 Å². The van der Waals surface area contributed by atoms with Crippen LogP contribution < -0.4 is 5.32 Å². The van der Waals surface area contributed by atoms with Gasteiger partial charge in [-0.2, -0.15) is 5.26 Å². The molecule has 0 spiro atoms. The first-order valence-electron chi connectivity index (χ1n) is 8.88. The highest BCUT2D eigenvalue weighted by molar-refractivity contribution is 6.01. The number of aryl methyl sites for hydroxylation is 1. The fourth-order valence-corrected chi connectivity index (χ4v) is 3.35. The van der Waals surface area contributed by atoms with Gasteiger partial charge in [-0.15, -0.1) is 0 Å². The lowest BCUT2D eigenvalue weighted by Gasteiger charge is -2.38. The molecule has 0 saturated heterocycles. The summed E-state index contributed by atoms with van der Waals surface area (Å²) in [6, 6.07) is 25.3. The number of amides is 1. The molecule has 0 radical (unpaired) electrons. The summed E-state index contributed by atoms with van der Waals surface area (Å²) in [6.45, 7) is 2.55. The van der Waals surface area contributed by atoms with Gasteiger partial charge in [-0.25, -0.2) is 0 Å². The molecule has 27 heavy (non-hydrogen) atoms. The topological polar surface area (TPSA) is 56.1 Å². The monoisotopic (exact) mass is 353 g/mol. The Kier molecular flexibility index (Phi) is 4.35. The standard InChI is InChI=1S/C23H19N3O/c1-16-6-8-18(9-7-16)15-26-22(19-12-10-17(14-24)11-13-19)25-21-5-3-2-4-20(21)23(26)27/h2-13,22,25H,15H2,1H3/t22-/m1/s1. The van der Waals surface area contributed by atoms with Gasteiger partial charge in [-0.1, -0.05) is 54.1 Å². The molecule has 1 aliphatic heterocycles. The number of rotatable bonds is 3. The first-order valence-corrected chi connectivity index (χ1v) is 8.88. The fourth-order valence-electron chi connectivity index (χ4n) is 3.35. The smallest absolute Gasteiger partial charge is 0.258 e. The van der Waals surface area contributed by atoms with Crippen LogP contribution in [-0.4, -0.2) is 10.8 Å². The van der Waals surface area contributed by atoms with Crippen LogP contribution in [-0.2, 0) is 6.54 Å². The molecule has 1 aliphatic rings. The highest BCUT2D eigenvalue weighted by Crippen LogP contribution is 2.34. The molecule has 3 aromatic carbocycles. The number of carbonyl (C=O) groups excluding carboxylic acids is 1. The zero-order valence-electron chi connectivity index (χ0n) is 15.0. The van der Waals surface area contributed by atoms with Crippen LogP contribution in [0.15, 0.2) is 72.8 Å². The van der Waals surface area contributed by atoms with E-state index in [0.717, 1.165) is 16.8 Å². The zero-order chi connectivity index (χ0) is 18.8. The van der Waals surface area contributed by atoms with Crippen LogP contribution in [0.1, 0.15) is 38.8 Å². The third-order valence-corrected chi connectivity index (χ3v) is 4.85. The highest BCUT2D eigenvalue weighted by atomic mass is 16.2. The van der Waals surface area contributed by atoms with Crippen molar-refractivity contribution in [3.8, 4) is 6.07 Å². The Hall–Kier alpha value is -3.58. The maximum Gasteiger partial charge on any atom is 0.258 e. The molecule has 0 fully saturated rings. The van der Waals surface area contributed by atoms with E-state index >= 15 is 0 Å². The maximum absolute atomic E-state index is 13.2. The molecular formula is C23H19N3O. The van der Waals surface area contributed by atoms with Crippen LogP contribution in [0.4, 0.5) is 5.69 Å². The maximum atomic E-state index is 13.2. The van der Waals surface area contributed by atoms with E-state index in [-0.39, 0.29) is 12.1 Å². The molecule has 132 valence electrons. The summed E-state index contributed by atoms with van der Waals surface area (Å²) in [5.41, 5.74) is 5.33. The third-order valence-electron chi connectivity index (χ3n) is 4.85. The normalized spacial score (nSPS) is 15.6. The Balaban J connectivity index is 1.74. The third kappa shape index (κ3) is 3.28. The molecule has 4 nitrogen and oxygen atoms in total. The Morgan fingerprint density at radius 1 is 1.00 bits per heavy atom. The number of anilines is 1. The molecule has 4 rings (SSSR count). The first-order chi connectivity index (χ1) is 13.2. The molecule has 0 aliphatic carbocycles. The Bertz CT molecular complexity index is 1020. The van der Waals surface area contributed by atoms with Crippen LogP contribution in [0.5, 0.6) is 0 Å². The summed E-state index contributed by atoms with van der Waals surface area (Å²) in [5.74, 6) is -0.000662. The molecule has 0 aromatic heterocycles. The second-order valence-electron chi connectivity index (χ2n) is 6.74. The largest absolute Gasteiger partial charge is 0.361 e. The van der Waals surface area contributed by atoms with Crippen LogP contribution in [0, 0.1) is 18.3 Å². The Morgan fingerprint density at radius 2 is 1.70 bits per heavy atom. The van der Waals surface area contributed by atoms with Gasteiger partial charge in [0, 0.05) is 12.2 Å². The highest BCUT2D eigenvalue weighted by Gasteiger charge is 2.32. The summed E-state index contributed by atoms with van der Waals surface area (Å²) in [5, 5.41) is 12.5. The Morgan fingerprint density at radius 3 is 2.41 bits per heavy atom. The van der Waals surface area contributed by atoms with Gasteiger partial charge in [0.05, 0.1) is 17.2 Å². The number of fused-ring (bicyclic) bond motifs is 1. The van der Waals surface area contributed by atoms with E-state index in [0.29, 0.717) is 17.7 Å². The van der Waals surface area contributed by atoms with Crippen LogP contribution in [0.25, 0.3) is 0 Å². The van der Waals surface area contributed by atoms with E-state index < -0.39 is 0 Å². The van der Waals surface area contributed by atoms with E-state index in [1.807, 2.05) is 48.2 Å². The number of carbonyl (C=O) groups is 1.